The van der Waals surface area contributed by atoms with Crippen LogP contribution >= 0.6 is 0 Å². The van der Waals surface area contributed by atoms with Gasteiger partial charge in [0.2, 0.25) is 0 Å². The maximum atomic E-state index is 5.93. The highest BCUT2D eigenvalue weighted by Crippen LogP contribution is 2.38. The number of methoxy groups -OCH3 is 1. The third-order valence-corrected chi connectivity index (χ3v) is 4.08. The molecule has 5 nitrogen and oxygen atoms in total. The van der Waals surface area contributed by atoms with Gasteiger partial charge < -0.3 is 15.4 Å². The summed E-state index contributed by atoms with van der Waals surface area (Å²) in [6.07, 6.45) is 2.58. The molecule has 1 aliphatic rings. The number of aromatic nitrogens is 2. The molecular weight excluding hydrogens is 276 g/mol. The molecule has 0 unspecified atom stereocenters. The van der Waals surface area contributed by atoms with Crippen LogP contribution in [0.5, 0.6) is 5.75 Å². The van der Waals surface area contributed by atoms with Crippen molar-refractivity contribution in [1.82, 2.24) is 9.97 Å². The maximum Gasteiger partial charge on any atom is 0.144 e. The van der Waals surface area contributed by atoms with E-state index in [2.05, 4.69) is 27.0 Å². The van der Waals surface area contributed by atoms with E-state index in [4.69, 9.17) is 10.5 Å². The number of hydrogen-bond donors (Lipinski definition) is 1. The molecular formula is C17H16N4O. The number of fused-ring (bicyclic) bond motifs is 2. The van der Waals surface area contributed by atoms with E-state index in [-0.39, 0.29) is 0 Å². The third-order valence-electron chi connectivity index (χ3n) is 4.08. The molecule has 2 aromatic carbocycles. The highest BCUT2D eigenvalue weighted by Gasteiger charge is 2.23. The largest absolute Gasteiger partial charge is 0.497 e. The molecule has 2 heterocycles. The van der Waals surface area contributed by atoms with E-state index in [0.29, 0.717) is 0 Å². The van der Waals surface area contributed by atoms with E-state index >= 15 is 0 Å². The van der Waals surface area contributed by atoms with Gasteiger partial charge in [0.05, 0.1) is 12.6 Å². The second-order valence-electron chi connectivity index (χ2n) is 5.37. The van der Waals surface area contributed by atoms with E-state index in [1.165, 1.54) is 11.3 Å². The topological polar surface area (TPSA) is 64.3 Å². The van der Waals surface area contributed by atoms with Gasteiger partial charge in [-0.1, -0.05) is 0 Å². The number of rotatable bonds is 2. The fraction of sp³-hybridized carbons (Fsp3) is 0.176. The molecule has 110 valence electrons. The van der Waals surface area contributed by atoms with Gasteiger partial charge in [0.15, 0.2) is 0 Å². The summed E-state index contributed by atoms with van der Waals surface area (Å²) in [6, 6.07) is 11.9. The number of benzene rings is 2. The minimum atomic E-state index is 0.720. The zero-order valence-corrected chi connectivity index (χ0v) is 12.3. The van der Waals surface area contributed by atoms with Crippen LogP contribution in [0, 0.1) is 0 Å². The molecule has 22 heavy (non-hydrogen) atoms. The van der Waals surface area contributed by atoms with Crippen molar-refractivity contribution >= 4 is 28.1 Å². The zero-order chi connectivity index (χ0) is 15.1. The zero-order valence-electron chi connectivity index (χ0n) is 12.3. The van der Waals surface area contributed by atoms with Crippen molar-refractivity contribution in [1.29, 1.82) is 0 Å². The fourth-order valence-corrected chi connectivity index (χ4v) is 3.00. The van der Waals surface area contributed by atoms with Gasteiger partial charge in [0, 0.05) is 23.3 Å². The predicted octanol–water partition coefficient (Wildman–Crippen LogP) is 2.91. The Morgan fingerprint density at radius 3 is 2.91 bits per heavy atom. The van der Waals surface area contributed by atoms with Crippen molar-refractivity contribution in [3.8, 4) is 5.75 Å². The van der Waals surface area contributed by atoms with Crippen LogP contribution in [0.2, 0.25) is 0 Å². The highest BCUT2D eigenvalue weighted by molar-refractivity contribution is 5.94. The summed E-state index contributed by atoms with van der Waals surface area (Å²) in [4.78, 5) is 11.0. The van der Waals surface area contributed by atoms with Crippen molar-refractivity contribution in [2.45, 2.75) is 6.42 Å². The first-order valence-electron chi connectivity index (χ1n) is 7.21. The van der Waals surface area contributed by atoms with Gasteiger partial charge in [-0.05, 0) is 48.4 Å². The van der Waals surface area contributed by atoms with Crippen molar-refractivity contribution in [3.05, 3.63) is 48.3 Å². The maximum absolute atomic E-state index is 5.93. The summed E-state index contributed by atoms with van der Waals surface area (Å²) < 4.78 is 5.31. The monoisotopic (exact) mass is 292 g/mol. The Morgan fingerprint density at radius 2 is 2.05 bits per heavy atom. The minimum absolute atomic E-state index is 0.720. The third kappa shape index (κ3) is 1.94. The molecule has 0 fully saturated rings. The van der Waals surface area contributed by atoms with E-state index in [1.54, 1.807) is 13.4 Å². The average molecular weight is 292 g/mol. The van der Waals surface area contributed by atoms with Crippen LogP contribution in [0.3, 0.4) is 0 Å². The molecule has 0 atom stereocenters. The smallest absolute Gasteiger partial charge is 0.144 e. The van der Waals surface area contributed by atoms with Gasteiger partial charge >= 0.3 is 0 Å². The van der Waals surface area contributed by atoms with Crippen molar-refractivity contribution < 1.29 is 4.74 Å². The predicted molar refractivity (Wildman–Crippen MR) is 87.7 cm³/mol. The Bertz CT molecular complexity index is 862. The molecule has 2 N–H and O–H groups in total. The molecule has 0 radical (unpaired) electrons. The summed E-state index contributed by atoms with van der Waals surface area (Å²) in [5, 5.41) is 0.978. The number of nitrogens with two attached hydrogens (primary N) is 1. The van der Waals surface area contributed by atoms with Gasteiger partial charge in [-0.2, -0.15) is 0 Å². The Kier molecular flexibility index (Phi) is 2.85. The SMILES string of the molecule is COc1ccc2c(c1)CCN2c1ncnc2ccc(N)cc12. The number of hydrogen-bond acceptors (Lipinski definition) is 5. The molecule has 0 amide bonds. The summed E-state index contributed by atoms with van der Waals surface area (Å²) in [7, 11) is 1.69. The summed E-state index contributed by atoms with van der Waals surface area (Å²) in [5.74, 6) is 1.79. The van der Waals surface area contributed by atoms with Crippen LogP contribution in [0.15, 0.2) is 42.7 Å². The van der Waals surface area contributed by atoms with Crippen molar-refractivity contribution in [3.63, 3.8) is 0 Å². The van der Waals surface area contributed by atoms with Gasteiger partial charge in [0.25, 0.3) is 0 Å². The first-order valence-corrected chi connectivity index (χ1v) is 7.21. The molecule has 1 aliphatic heterocycles. The van der Waals surface area contributed by atoms with E-state index in [0.717, 1.165) is 41.1 Å². The van der Waals surface area contributed by atoms with Crippen LogP contribution in [-0.4, -0.2) is 23.6 Å². The van der Waals surface area contributed by atoms with Gasteiger partial charge in [-0.3, -0.25) is 0 Å². The second-order valence-corrected chi connectivity index (χ2v) is 5.37. The van der Waals surface area contributed by atoms with Crippen molar-refractivity contribution in [2.75, 3.05) is 24.3 Å². The molecule has 5 heteroatoms. The first kappa shape index (κ1) is 12.9. The fourth-order valence-electron chi connectivity index (χ4n) is 3.00. The van der Waals surface area contributed by atoms with Crippen LogP contribution in [0.25, 0.3) is 10.9 Å². The molecule has 0 spiro atoms. The number of nitrogen functional groups attached to an aromatic ring is 1. The van der Waals surface area contributed by atoms with E-state index in [1.807, 2.05) is 24.3 Å². The van der Waals surface area contributed by atoms with E-state index in [9.17, 15) is 0 Å². The van der Waals surface area contributed by atoms with Crippen LogP contribution in [-0.2, 0) is 6.42 Å². The lowest BCUT2D eigenvalue weighted by Crippen LogP contribution is -2.15. The molecule has 3 aromatic rings. The Hall–Kier alpha value is -2.82. The first-order chi connectivity index (χ1) is 10.8. The van der Waals surface area contributed by atoms with Gasteiger partial charge in [-0.25, -0.2) is 9.97 Å². The number of anilines is 3. The standard InChI is InChI=1S/C17H16N4O/c1-22-13-3-5-16-11(8-13)6-7-21(16)17-14-9-12(18)2-4-15(14)19-10-20-17/h2-5,8-10H,6-7,18H2,1H3. The molecule has 0 bridgehead atoms. The Labute approximate surface area is 128 Å². The number of nitrogens with zero attached hydrogens (tertiary/aromatic N) is 3. The Morgan fingerprint density at radius 1 is 1.14 bits per heavy atom. The number of ether oxygens (including phenoxy) is 1. The minimum Gasteiger partial charge on any atom is -0.497 e. The lowest BCUT2D eigenvalue weighted by atomic mass is 10.1. The average Bonchev–Trinajstić information content (AvgIpc) is 2.97. The van der Waals surface area contributed by atoms with Crippen LogP contribution < -0.4 is 15.4 Å². The molecule has 0 aliphatic carbocycles. The van der Waals surface area contributed by atoms with E-state index < -0.39 is 0 Å². The Balaban J connectivity index is 1.87. The van der Waals surface area contributed by atoms with Gasteiger partial charge in [0.1, 0.15) is 17.9 Å². The lowest BCUT2D eigenvalue weighted by molar-refractivity contribution is 0.414. The second kappa shape index (κ2) is 4.87. The quantitative estimate of drug-likeness (QED) is 0.736. The molecule has 0 saturated heterocycles. The van der Waals surface area contributed by atoms with Crippen LogP contribution in [0.1, 0.15) is 5.56 Å². The molecule has 0 saturated carbocycles. The lowest BCUT2D eigenvalue weighted by Gasteiger charge is -2.20. The summed E-state index contributed by atoms with van der Waals surface area (Å²) in [5.41, 5.74) is 10.0. The summed E-state index contributed by atoms with van der Waals surface area (Å²) in [6.45, 7) is 0.892. The summed E-state index contributed by atoms with van der Waals surface area (Å²) >= 11 is 0. The molecule has 4 rings (SSSR count). The normalized spacial score (nSPS) is 13.4. The van der Waals surface area contributed by atoms with Crippen molar-refractivity contribution in [2.24, 2.45) is 0 Å². The van der Waals surface area contributed by atoms with Crippen LogP contribution in [0.4, 0.5) is 17.2 Å². The highest BCUT2D eigenvalue weighted by atomic mass is 16.5. The van der Waals surface area contributed by atoms with Gasteiger partial charge in [-0.15, -0.1) is 0 Å². The molecule has 1 aromatic heterocycles.